The Balaban J connectivity index is 1.34. The molecule has 7 heteroatoms. The van der Waals surface area contributed by atoms with E-state index in [0.29, 0.717) is 26.3 Å². The Bertz CT molecular complexity index is 765. The molecule has 1 amide bonds. The summed E-state index contributed by atoms with van der Waals surface area (Å²) in [7, 11) is 0. The van der Waals surface area contributed by atoms with E-state index in [9.17, 15) is 4.79 Å². The number of fused-ring (bicyclic) bond motifs is 2. The second-order valence-electron chi connectivity index (χ2n) is 5.76. The number of carbonyl (C=O) groups is 1. The normalized spacial score (nSPS) is 18.1. The predicted octanol–water partition coefficient (Wildman–Crippen LogP) is 0.751. The molecule has 0 fully saturated rings. The van der Waals surface area contributed by atoms with Crippen molar-refractivity contribution in [3.63, 3.8) is 0 Å². The van der Waals surface area contributed by atoms with Crippen LogP contribution in [0, 0.1) is 0 Å². The van der Waals surface area contributed by atoms with Crippen LogP contribution < -0.4 is 20.1 Å². The maximum absolute atomic E-state index is 12.4. The van der Waals surface area contributed by atoms with E-state index in [1.165, 1.54) is 6.33 Å². The predicted molar refractivity (Wildman–Crippen MR) is 85.8 cm³/mol. The molecule has 1 unspecified atom stereocenters. The molecule has 0 saturated carbocycles. The minimum atomic E-state index is -0.374. The number of hydrogen-bond donors (Lipinski definition) is 2. The lowest BCUT2D eigenvalue weighted by molar-refractivity contribution is -0.123. The average molecular weight is 326 g/mol. The Hall–Kier alpha value is -2.67. The molecule has 0 spiro atoms. The van der Waals surface area contributed by atoms with E-state index in [-0.39, 0.29) is 11.9 Å². The summed E-state index contributed by atoms with van der Waals surface area (Å²) in [5.74, 6) is 1.50. The fourth-order valence-corrected chi connectivity index (χ4v) is 2.97. The number of amides is 1. The first-order valence-corrected chi connectivity index (χ1v) is 7.99. The first kappa shape index (κ1) is 14.9. The Kier molecular flexibility index (Phi) is 4.00. The summed E-state index contributed by atoms with van der Waals surface area (Å²) in [4.78, 5) is 20.5. The number of carbonyl (C=O) groups excluding carboxylic acids is 1. The molecule has 0 aliphatic carbocycles. The third kappa shape index (κ3) is 2.90. The lowest BCUT2D eigenvalue weighted by Crippen LogP contribution is -2.35. The monoisotopic (exact) mass is 326 g/mol. The molecule has 7 nitrogen and oxygen atoms in total. The molecule has 4 rings (SSSR count). The highest BCUT2D eigenvalue weighted by molar-refractivity contribution is 5.84. The largest absolute Gasteiger partial charge is 0.486 e. The average Bonchev–Trinajstić information content (AvgIpc) is 3.06. The maximum atomic E-state index is 12.4. The van der Waals surface area contributed by atoms with Crippen LogP contribution in [0.5, 0.6) is 11.5 Å². The van der Waals surface area contributed by atoms with Gasteiger partial charge in [0.1, 0.15) is 25.6 Å². The Morgan fingerprint density at radius 1 is 1.29 bits per heavy atom. The van der Waals surface area contributed by atoms with E-state index in [1.54, 1.807) is 6.20 Å². The van der Waals surface area contributed by atoms with Crippen LogP contribution in [0.1, 0.15) is 22.9 Å². The van der Waals surface area contributed by atoms with Gasteiger partial charge in [0, 0.05) is 24.8 Å². The van der Waals surface area contributed by atoms with Crippen molar-refractivity contribution in [2.45, 2.75) is 19.0 Å². The van der Waals surface area contributed by atoms with Gasteiger partial charge >= 0.3 is 0 Å². The zero-order chi connectivity index (χ0) is 16.4. The second-order valence-corrected chi connectivity index (χ2v) is 5.76. The molecule has 2 aliphatic heterocycles. The molecule has 3 heterocycles. The van der Waals surface area contributed by atoms with E-state index in [4.69, 9.17) is 9.47 Å². The molecule has 1 aromatic carbocycles. The highest BCUT2D eigenvalue weighted by Gasteiger charge is 2.28. The van der Waals surface area contributed by atoms with Gasteiger partial charge in [0.25, 0.3) is 0 Å². The Labute approximate surface area is 139 Å². The number of nitrogens with one attached hydrogen (secondary N) is 2. The molecule has 1 atom stereocenters. The number of ether oxygens (including phenoxy) is 2. The van der Waals surface area contributed by atoms with Crippen LogP contribution in [0.25, 0.3) is 0 Å². The van der Waals surface area contributed by atoms with Crippen molar-refractivity contribution in [3.8, 4) is 11.5 Å². The van der Waals surface area contributed by atoms with E-state index in [2.05, 4.69) is 20.6 Å². The fraction of sp³-hybridized carbons (Fsp3) is 0.353. The highest BCUT2D eigenvalue weighted by Crippen LogP contribution is 2.30. The van der Waals surface area contributed by atoms with Crippen molar-refractivity contribution in [3.05, 3.63) is 47.5 Å². The summed E-state index contributed by atoms with van der Waals surface area (Å²) < 4.78 is 11.1. The first-order valence-electron chi connectivity index (χ1n) is 7.99. The third-order valence-electron chi connectivity index (χ3n) is 4.19. The van der Waals surface area contributed by atoms with E-state index >= 15 is 0 Å². The van der Waals surface area contributed by atoms with E-state index in [0.717, 1.165) is 34.7 Å². The van der Waals surface area contributed by atoms with Crippen LogP contribution in [-0.2, 0) is 17.8 Å². The van der Waals surface area contributed by atoms with Gasteiger partial charge in [0.15, 0.2) is 11.5 Å². The van der Waals surface area contributed by atoms with Gasteiger partial charge in [-0.15, -0.1) is 0 Å². The minimum absolute atomic E-state index is 0.0545. The zero-order valence-corrected chi connectivity index (χ0v) is 13.1. The molecule has 24 heavy (non-hydrogen) atoms. The van der Waals surface area contributed by atoms with Gasteiger partial charge < -0.3 is 14.8 Å². The van der Waals surface area contributed by atoms with Gasteiger partial charge in [0.05, 0.1) is 5.69 Å². The summed E-state index contributed by atoms with van der Waals surface area (Å²) in [5, 5.41) is 6.13. The van der Waals surface area contributed by atoms with E-state index in [1.807, 2.05) is 18.2 Å². The van der Waals surface area contributed by atoms with Crippen molar-refractivity contribution in [1.82, 2.24) is 20.6 Å². The molecule has 2 aliphatic rings. The molecule has 0 radical (unpaired) electrons. The Morgan fingerprint density at radius 3 is 3.08 bits per heavy atom. The summed E-state index contributed by atoms with van der Waals surface area (Å²) in [5.41, 5.74) is 2.84. The number of hydrogen-bond acceptors (Lipinski definition) is 6. The molecule has 1 aromatic heterocycles. The van der Waals surface area contributed by atoms with Crippen LogP contribution >= 0.6 is 0 Å². The first-order chi connectivity index (χ1) is 11.8. The lowest BCUT2D eigenvalue weighted by Gasteiger charge is -2.19. The summed E-state index contributed by atoms with van der Waals surface area (Å²) in [6, 6.07) is 5.51. The quantitative estimate of drug-likeness (QED) is 0.862. The van der Waals surface area contributed by atoms with Gasteiger partial charge in [-0.1, -0.05) is 6.07 Å². The van der Waals surface area contributed by atoms with E-state index < -0.39 is 0 Å². The Morgan fingerprint density at radius 2 is 2.17 bits per heavy atom. The molecule has 2 aromatic rings. The molecule has 0 bridgehead atoms. The smallest absolute Gasteiger partial charge is 0.241 e. The fourth-order valence-electron chi connectivity index (χ4n) is 2.97. The maximum Gasteiger partial charge on any atom is 0.241 e. The topological polar surface area (TPSA) is 85.4 Å². The molecular formula is C17H18N4O3. The third-order valence-corrected chi connectivity index (χ3v) is 4.19. The minimum Gasteiger partial charge on any atom is -0.486 e. The molecule has 124 valence electrons. The summed E-state index contributed by atoms with van der Waals surface area (Å²) in [6.07, 6.45) is 3.93. The van der Waals surface area contributed by atoms with Crippen LogP contribution in [0.3, 0.4) is 0 Å². The van der Waals surface area contributed by atoms with Gasteiger partial charge in [-0.2, -0.15) is 0 Å². The van der Waals surface area contributed by atoms with Gasteiger partial charge in [0.2, 0.25) is 5.91 Å². The van der Waals surface area contributed by atoms with Crippen molar-refractivity contribution < 1.29 is 14.3 Å². The van der Waals surface area contributed by atoms with Crippen LogP contribution in [0.15, 0.2) is 30.7 Å². The SMILES string of the molecule is O=C(NCCc1ccc2c(c1)OCCO2)C1NCc2ncncc21. The van der Waals surface area contributed by atoms with Crippen molar-refractivity contribution in [2.75, 3.05) is 19.8 Å². The van der Waals surface area contributed by atoms with Crippen LogP contribution in [0.4, 0.5) is 0 Å². The summed E-state index contributed by atoms with van der Waals surface area (Å²) in [6.45, 7) is 2.31. The zero-order valence-electron chi connectivity index (χ0n) is 13.1. The van der Waals surface area contributed by atoms with Gasteiger partial charge in [-0.25, -0.2) is 9.97 Å². The second kappa shape index (κ2) is 6.45. The lowest BCUT2D eigenvalue weighted by atomic mass is 10.1. The van der Waals surface area contributed by atoms with Crippen molar-refractivity contribution in [1.29, 1.82) is 0 Å². The highest BCUT2D eigenvalue weighted by atomic mass is 16.6. The number of rotatable bonds is 4. The molecule has 0 saturated heterocycles. The van der Waals surface area contributed by atoms with Gasteiger partial charge in [-0.05, 0) is 24.1 Å². The van der Waals surface area contributed by atoms with Crippen molar-refractivity contribution >= 4 is 5.91 Å². The standard InChI is InChI=1S/C17H18N4O3/c22-17(16-12-8-18-10-21-13(12)9-20-16)19-4-3-11-1-2-14-15(7-11)24-6-5-23-14/h1-2,7-8,10,16,20H,3-6,9H2,(H,19,22). The number of benzene rings is 1. The number of aromatic nitrogens is 2. The van der Waals surface area contributed by atoms with Crippen LogP contribution in [-0.4, -0.2) is 35.6 Å². The van der Waals surface area contributed by atoms with Gasteiger partial charge in [-0.3, -0.25) is 10.1 Å². The summed E-state index contributed by atoms with van der Waals surface area (Å²) >= 11 is 0. The number of nitrogens with zero attached hydrogens (tertiary/aromatic N) is 2. The molecule has 2 N–H and O–H groups in total. The van der Waals surface area contributed by atoms with Crippen LogP contribution in [0.2, 0.25) is 0 Å². The molecular weight excluding hydrogens is 308 g/mol. The van der Waals surface area contributed by atoms with Crippen molar-refractivity contribution in [2.24, 2.45) is 0 Å².